The minimum absolute atomic E-state index is 0.108. The van der Waals surface area contributed by atoms with Crippen LogP contribution in [0.15, 0.2) is 54.6 Å². The first-order valence-electron chi connectivity index (χ1n) is 13.5. The molecule has 0 aliphatic carbocycles. The molecule has 0 amide bonds. The van der Waals surface area contributed by atoms with Crippen LogP contribution in [0.1, 0.15) is 66.6 Å². The molecule has 0 bridgehead atoms. The second kappa shape index (κ2) is 11.7. The van der Waals surface area contributed by atoms with Crippen LogP contribution in [-0.2, 0) is 12.3 Å². The minimum atomic E-state index is -2.98. The number of benzene rings is 3. The van der Waals surface area contributed by atoms with Gasteiger partial charge in [-0.15, -0.1) is 0 Å². The van der Waals surface area contributed by atoms with E-state index in [1.807, 2.05) is 12.1 Å². The molecule has 0 spiro atoms. The monoisotopic (exact) mass is 549 g/mol. The normalized spacial score (nSPS) is 12.4. The van der Waals surface area contributed by atoms with Crippen molar-refractivity contribution in [2.24, 2.45) is 0 Å². The number of aromatic nitrogens is 2. The van der Waals surface area contributed by atoms with E-state index < -0.39 is 12.2 Å². The van der Waals surface area contributed by atoms with Gasteiger partial charge in [-0.05, 0) is 79.8 Å². The first kappa shape index (κ1) is 29.1. The van der Waals surface area contributed by atoms with E-state index in [0.29, 0.717) is 22.7 Å². The second-order valence-corrected chi connectivity index (χ2v) is 10.2. The van der Waals surface area contributed by atoms with Crippen molar-refractivity contribution in [1.29, 1.82) is 0 Å². The summed E-state index contributed by atoms with van der Waals surface area (Å²) in [5.74, 6) is -2.05. The first-order valence-corrected chi connectivity index (χ1v) is 13.5. The zero-order valence-electron chi connectivity index (χ0n) is 23.8. The van der Waals surface area contributed by atoms with E-state index in [0.717, 1.165) is 39.8 Å². The summed E-state index contributed by atoms with van der Waals surface area (Å²) in [5.41, 5.74) is 6.72. The summed E-state index contributed by atoms with van der Waals surface area (Å²) >= 11 is 0. The van der Waals surface area contributed by atoms with Crippen molar-refractivity contribution in [2.45, 2.75) is 66.0 Å². The van der Waals surface area contributed by atoms with Gasteiger partial charge in [0.1, 0.15) is 11.4 Å². The van der Waals surface area contributed by atoms with Crippen LogP contribution in [0.25, 0.3) is 22.5 Å². The van der Waals surface area contributed by atoms with E-state index in [1.54, 1.807) is 26.2 Å². The maximum atomic E-state index is 14.2. The molecular formula is C32H37F2N3O3. The Bertz CT molecular complexity index is 1490. The average molecular weight is 550 g/mol. The lowest BCUT2D eigenvalue weighted by Gasteiger charge is -2.19. The van der Waals surface area contributed by atoms with Gasteiger partial charge >= 0.3 is 0 Å². The van der Waals surface area contributed by atoms with E-state index in [1.165, 1.54) is 30.7 Å². The highest BCUT2D eigenvalue weighted by Crippen LogP contribution is 2.39. The molecular weight excluding hydrogens is 512 g/mol. The molecule has 1 atom stereocenters. The van der Waals surface area contributed by atoms with Gasteiger partial charge in [0.25, 0.3) is 5.92 Å². The predicted octanol–water partition coefficient (Wildman–Crippen LogP) is 7.95. The van der Waals surface area contributed by atoms with Crippen LogP contribution in [0.3, 0.4) is 0 Å². The zero-order valence-corrected chi connectivity index (χ0v) is 23.8. The van der Waals surface area contributed by atoms with Crippen LogP contribution in [-0.4, -0.2) is 27.1 Å². The highest BCUT2D eigenvalue weighted by molar-refractivity contribution is 5.80. The highest BCUT2D eigenvalue weighted by Gasteiger charge is 2.29. The molecule has 0 radical (unpaired) electrons. The van der Waals surface area contributed by atoms with E-state index in [9.17, 15) is 19.1 Å². The quantitative estimate of drug-likeness (QED) is 0.138. The Balaban J connectivity index is 1.71. The third-order valence-electron chi connectivity index (χ3n) is 7.22. The van der Waals surface area contributed by atoms with E-state index >= 15 is 0 Å². The molecule has 4 rings (SSSR count). The molecule has 40 heavy (non-hydrogen) atoms. The average Bonchev–Trinajstić information content (AvgIpc) is 3.22. The lowest BCUT2D eigenvalue weighted by molar-refractivity contribution is -0.00826. The highest BCUT2D eigenvalue weighted by atomic mass is 19.3. The molecule has 6 nitrogen and oxygen atoms in total. The predicted molar refractivity (Wildman–Crippen MR) is 154 cm³/mol. The Morgan fingerprint density at radius 2 is 1.73 bits per heavy atom. The molecule has 0 aliphatic heterocycles. The van der Waals surface area contributed by atoms with Crippen molar-refractivity contribution in [2.75, 3.05) is 12.4 Å². The molecule has 1 unspecified atom stereocenters. The topological polar surface area (TPSA) is 79.5 Å². The van der Waals surface area contributed by atoms with Gasteiger partial charge in [0.05, 0.1) is 12.8 Å². The minimum Gasteiger partial charge on any atom is -0.496 e. The summed E-state index contributed by atoms with van der Waals surface area (Å²) in [5, 5.41) is 24.9. The number of anilines is 1. The first-order chi connectivity index (χ1) is 19.0. The Hall–Kier alpha value is -3.91. The molecule has 0 saturated carbocycles. The molecule has 3 N–H and O–H groups in total. The molecule has 212 valence electrons. The fourth-order valence-corrected chi connectivity index (χ4v) is 5.25. The summed E-state index contributed by atoms with van der Waals surface area (Å²) in [6, 6.07) is 15.7. The molecule has 0 fully saturated rings. The number of imidazole rings is 1. The number of aryl methyl sites for hydroxylation is 4. The van der Waals surface area contributed by atoms with Crippen LogP contribution < -0.4 is 10.1 Å². The number of methoxy groups -OCH3 is 1. The van der Waals surface area contributed by atoms with Gasteiger partial charge in [-0.3, -0.25) is 0 Å². The van der Waals surface area contributed by atoms with Gasteiger partial charge in [0.2, 0.25) is 0 Å². The summed E-state index contributed by atoms with van der Waals surface area (Å²) in [4.78, 5) is 4.54. The number of rotatable bonds is 10. The molecule has 0 aliphatic rings. The van der Waals surface area contributed by atoms with E-state index in [-0.39, 0.29) is 23.5 Å². The maximum absolute atomic E-state index is 14.2. The molecule has 3 aromatic carbocycles. The van der Waals surface area contributed by atoms with Crippen molar-refractivity contribution in [1.82, 2.24) is 9.71 Å². The molecule has 1 heterocycles. The van der Waals surface area contributed by atoms with E-state index in [2.05, 4.69) is 43.2 Å². The Labute approximate surface area is 234 Å². The second-order valence-electron chi connectivity index (χ2n) is 10.2. The Kier molecular flexibility index (Phi) is 8.49. The molecule has 4 aromatic rings. The van der Waals surface area contributed by atoms with Gasteiger partial charge in [-0.25, -0.2) is 13.8 Å². The lowest BCUT2D eigenvalue weighted by Crippen LogP contribution is -2.16. The Morgan fingerprint density at radius 1 is 1.02 bits per heavy atom. The van der Waals surface area contributed by atoms with Gasteiger partial charge in [-0.1, -0.05) is 44.5 Å². The number of hydrogen-bond acceptors (Lipinski definition) is 5. The number of hydrogen-bond donors (Lipinski definition) is 3. The molecule has 1 aromatic heterocycles. The number of halogens is 2. The van der Waals surface area contributed by atoms with Crippen molar-refractivity contribution in [3.63, 3.8) is 0 Å². The van der Waals surface area contributed by atoms with Crippen LogP contribution in [0, 0.1) is 20.8 Å². The third-order valence-corrected chi connectivity index (χ3v) is 7.22. The number of nitrogens with one attached hydrogen (secondary N) is 1. The van der Waals surface area contributed by atoms with Crippen LogP contribution in [0.5, 0.6) is 5.75 Å². The van der Waals surface area contributed by atoms with E-state index in [4.69, 9.17) is 4.74 Å². The summed E-state index contributed by atoms with van der Waals surface area (Å²) < 4.78 is 34.9. The summed E-state index contributed by atoms with van der Waals surface area (Å²) in [6.45, 7) is 9.40. The Morgan fingerprint density at radius 3 is 2.35 bits per heavy atom. The van der Waals surface area contributed by atoms with Gasteiger partial charge < -0.3 is 20.4 Å². The standard InChI is InChI=1S/C32H37F2N3O3/c1-7-10-22-15-19(3)28(20(4)16-22)26-17-23(13-14-27(26)40-6)30-35-21(5)29(37(30)39)31(38)36-25-12-9-11-24(18-25)32(33,34)8-2/h9,11-18,31,36,38-39H,7-8,10H2,1-6H3. The number of aliphatic hydroxyl groups is 1. The van der Waals surface area contributed by atoms with Crippen molar-refractivity contribution in [3.8, 4) is 28.3 Å². The van der Waals surface area contributed by atoms with Crippen molar-refractivity contribution in [3.05, 3.63) is 88.2 Å². The van der Waals surface area contributed by atoms with Crippen molar-refractivity contribution >= 4 is 5.69 Å². The SMILES string of the molecule is CCCc1cc(C)c(-c2cc(-c3nc(C)c(C(O)Nc4cccc(C(F)(F)CC)c4)n3O)ccc2OC)c(C)c1. The number of aliphatic hydroxyl groups excluding tert-OH is 1. The van der Waals surface area contributed by atoms with Crippen molar-refractivity contribution < 1.29 is 23.8 Å². The maximum Gasteiger partial charge on any atom is 0.273 e. The summed E-state index contributed by atoms with van der Waals surface area (Å²) in [7, 11) is 1.62. The molecule has 8 heteroatoms. The van der Waals surface area contributed by atoms with Crippen LogP contribution in [0.4, 0.5) is 14.5 Å². The van der Waals surface area contributed by atoms with Gasteiger partial charge in [-0.2, -0.15) is 4.73 Å². The zero-order chi connectivity index (χ0) is 29.2. The third kappa shape index (κ3) is 5.68. The van der Waals surface area contributed by atoms with Gasteiger partial charge in [0.15, 0.2) is 12.1 Å². The van der Waals surface area contributed by atoms with Gasteiger partial charge in [0, 0.05) is 28.8 Å². The fraction of sp³-hybridized carbons (Fsp3) is 0.344. The largest absolute Gasteiger partial charge is 0.496 e. The molecule has 0 saturated heterocycles. The van der Waals surface area contributed by atoms with Crippen LogP contribution in [0.2, 0.25) is 0 Å². The summed E-state index contributed by atoms with van der Waals surface area (Å²) in [6.07, 6.45) is 0.335. The smallest absolute Gasteiger partial charge is 0.273 e. The number of alkyl halides is 2. The lowest BCUT2D eigenvalue weighted by atomic mass is 9.91. The number of nitrogens with zero attached hydrogens (tertiary/aromatic N) is 2. The fourth-order valence-electron chi connectivity index (χ4n) is 5.25. The van der Waals surface area contributed by atoms with Crippen LogP contribution >= 0.6 is 0 Å². The number of ether oxygens (including phenoxy) is 1.